The maximum atomic E-state index is 11.8. The van der Waals surface area contributed by atoms with Crippen molar-refractivity contribution in [2.24, 2.45) is 0 Å². The van der Waals surface area contributed by atoms with Crippen LogP contribution >= 0.6 is 0 Å². The van der Waals surface area contributed by atoms with Crippen LogP contribution in [0.2, 0.25) is 0 Å². The molecule has 0 radical (unpaired) electrons. The molecule has 0 aromatic heterocycles. The van der Waals surface area contributed by atoms with Gasteiger partial charge < -0.3 is 10.1 Å². The lowest BCUT2D eigenvalue weighted by Crippen LogP contribution is -2.39. The second-order valence-electron chi connectivity index (χ2n) is 4.38. The van der Waals surface area contributed by atoms with E-state index >= 15 is 0 Å². The van der Waals surface area contributed by atoms with E-state index < -0.39 is 15.3 Å². The minimum atomic E-state index is -3.20. The first-order valence-corrected chi connectivity index (χ1v) is 8.36. The Labute approximate surface area is 112 Å². The van der Waals surface area contributed by atoms with Crippen molar-refractivity contribution in [2.75, 3.05) is 32.8 Å². The first-order valence-electron chi connectivity index (χ1n) is 6.81. The fourth-order valence-electron chi connectivity index (χ4n) is 1.34. The Morgan fingerprint density at radius 3 is 2.44 bits per heavy atom. The van der Waals surface area contributed by atoms with E-state index in [0.717, 1.165) is 32.4 Å². The van der Waals surface area contributed by atoms with Crippen LogP contribution in [0.15, 0.2) is 0 Å². The summed E-state index contributed by atoms with van der Waals surface area (Å²) in [7, 11) is -3.20. The Kier molecular flexibility index (Phi) is 10.6. The Morgan fingerprint density at radius 2 is 1.83 bits per heavy atom. The fourth-order valence-corrected chi connectivity index (χ4v) is 2.39. The highest BCUT2D eigenvalue weighted by Gasteiger charge is 2.18. The zero-order chi connectivity index (χ0) is 13.9. The zero-order valence-electron chi connectivity index (χ0n) is 11.9. The maximum absolute atomic E-state index is 11.8. The fraction of sp³-hybridized carbons (Fsp3) is 1.00. The highest BCUT2D eigenvalue weighted by Crippen LogP contribution is 1.97. The molecule has 0 aromatic carbocycles. The molecule has 1 unspecified atom stereocenters. The third-order valence-corrected chi connectivity index (χ3v) is 4.46. The molecule has 0 fully saturated rings. The van der Waals surface area contributed by atoms with Gasteiger partial charge in [-0.15, -0.1) is 0 Å². The van der Waals surface area contributed by atoms with Crippen LogP contribution in [0.4, 0.5) is 0 Å². The van der Waals surface area contributed by atoms with Gasteiger partial charge in [0, 0.05) is 26.3 Å². The van der Waals surface area contributed by atoms with Gasteiger partial charge in [0.05, 0.1) is 5.25 Å². The SMILES string of the molecule is CCCCOCCCNS(=O)(=O)C(C)CNCC. The number of hydrogen-bond acceptors (Lipinski definition) is 4. The zero-order valence-corrected chi connectivity index (χ0v) is 12.7. The molecule has 0 aliphatic heterocycles. The van der Waals surface area contributed by atoms with Crippen LogP contribution in [0.5, 0.6) is 0 Å². The van der Waals surface area contributed by atoms with Gasteiger partial charge in [0.1, 0.15) is 0 Å². The Bertz CT molecular complexity index is 281. The van der Waals surface area contributed by atoms with E-state index in [0.29, 0.717) is 19.7 Å². The van der Waals surface area contributed by atoms with E-state index in [4.69, 9.17) is 4.74 Å². The molecule has 0 saturated carbocycles. The van der Waals surface area contributed by atoms with E-state index in [2.05, 4.69) is 17.0 Å². The highest BCUT2D eigenvalue weighted by atomic mass is 32.2. The van der Waals surface area contributed by atoms with Gasteiger partial charge in [-0.1, -0.05) is 20.3 Å². The monoisotopic (exact) mass is 280 g/mol. The van der Waals surface area contributed by atoms with Gasteiger partial charge in [0.2, 0.25) is 10.0 Å². The number of rotatable bonds is 12. The molecular weight excluding hydrogens is 252 g/mol. The van der Waals surface area contributed by atoms with E-state index in [1.54, 1.807) is 6.92 Å². The molecule has 0 heterocycles. The molecule has 5 nitrogen and oxygen atoms in total. The van der Waals surface area contributed by atoms with E-state index in [1.165, 1.54) is 0 Å². The van der Waals surface area contributed by atoms with Crippen LogP contribution < -0.4 is 10.0 Å². The van der Waals surface area contributed by atoms with E-state index in [9.17, 15) is 8.42 Å². The minimum absolute atomic E-state index is 0.404. The molecule has 0 spiro atoms. The number of unbranched alkanes of at least 4 members (excludes halogenated alkanes) is 1. The van der Waals surface area contributed by atoms with Gasteiger partial charge >= 0.3 is 0 Å². The molecule has 18 heavy (non-hydrogen) atoms. The molecule has 0 aromatic rings. The molecule has 0 bridgehead atoms. The molecule has 0 aliphatic rings. The number of sulfonamides is 1. The lowest BCUT2D eigenvalue weighted by Gasteiger charge is -2.14. The molecule has 0 amide bonds. The van der Waals surface area contributed by atoms with Gasteiger partial charge in [-0.05, 0) is 26.3 Å². The van der Waals surface area contributed by atoms with Gasteiger partial charge in [-0.3, -0.25) is 0 Å². The predicted molar refractivity (Wildman–Crippen MR) is 75.3 cm³/mol. The van der Waals surface area contributed by atoms with Crippen molar-refractivity contribution in [1.82, 2.24) is 10.0 Å². The third kappa shape index (κ3) is 8.85. The standard InChI is InChI=1S/C12H28N2O3S/c1-4-6-9-17-10-7-8-14-18(15,16)12(3)11-13-5-2/h12-14H,4-11H2,1-3H3. The van der Waals surface area contributed by atoms with Crippen molar-refractivity contribution in [3.63, 3.8) is 0 Å². The highest BCUT2D eigenvalue weighted by molar-refractivity contribution is 7.90. The summed E-state index contributed by atoms with van der Waals surface area (Å²) in [5, 5.41) is 2.63. The van der Waals surface area contributed by atoms with Gasteiger partial charge in [-0.2, -0.15) is 0 Å². The van der Waals surface area contributed by atoms with Gasteiger partial charge in [-0.25, -0.2) is 13.1 Å². The summed E-state index contributed by atoms with van der Waals surface area (Å²) in [5.74, 6) is 0. The third-order valence-electron chi connectivity index (χ3n) is 2.62. The lowest BCUT2D eigenvalue weighted by molar-refractivity contribution is 0.130. The van der Waals surface area contributed by atoms with E-state index in [1.807, 2.05) is 6.92 Å². The first-order chi connectivity index (χ1) is 8.54. The first kappa shape index (κ1) is 17.8. The molecule has 6 heteroatoms. The number of ether oxygens (including phenoxy) is 1. The molecule has 110 valence electrons. The molecule has 0 aliphatic carbocycles. The van der Waals surface area contributed by atoms with Crippen molar-refractivity contribution in [3.8, 4) is 0 Å². The molecule has 1 atom stereocenters. The summed E-state index contributed by atoms with van der Waals surface area (Å²) in [5.41, 5.74) is 0. The predicted octanol–water partition coefficient (Wildman–Crippen LogP) is 1.11. The Morgan fingerprint density at radius 1 is 1.17 bits per heavy atom. The topological polar surface area (TPSA) is 67.4 Å². The molecular formula is C12H28N2O3S. The van der Waals surface area contributed by atoms with Crippen molar-refractivity contribution < 1.29 is 13.2 Å². The summed E-state index contributed by atoms with van der Waals surface area (Å²) < 4.78 is 31.5. The maximum Gasteiger partial charge on any atom is 0.215 e. The summed E-state index contributed by atoms with van der Waals surface area (Å²) in [6.07, 6.45) is 2.90. The van der Waals surface area contributed by atoms with Gasteiger partial charge in [0.25, 0.3) is 0 Å². The van der Waals surface area contributed by atoms with E-state index in [-0.39, 0.29) is 0 Å². The summed E-state index contributed by atoms with van der Waals surface area (Å²) >= 11 is 0. The van der Waals surface area contributed by atoms with Crippen LogP contribution in [-0.4, -0.2) is 46.5 Å². The quantitative estimate of drug-likeness (QED) is 0.526. The average Bonchev–Trinajstić information content (AvgIpc) is 2.34. The molecule has 0 saturated heterocycles. The largest absolute Gasteiger partial charge is 0.381 e. The second kappa shape index (κ2) is 10.7. The average molecular weight is 280 g/mol. The smallest absolute Gasteiger partial charge is 0.215 e. The summed E-state index contributed by atoms with van der Waals surface area (Å²) in [4.78, 5) is 0. The second-order valence-corrected chi connectivity index (χ2v) is 6.56. The van der Waals surface area contributed by atoms with Crippen LogP contribution in [0, 0.1) is 0 Å². The Hall–Kier alpha value is -0.170. The van der Waals surface area contributed by atoms with Crippen molar-refractivity contribution >= 4 is 10.0 Å². The summed E-state index contributed by atoms with van der Waals surface area (Å²) in [6.45, 7) is 8.88. The molecule has 0 rings (SSSR count). The van der Waals surface area contributed by atoms with Crippen LogP contribution in [0.3, 0.4) is 0 Å². The van der Waals surface area contributed by atoms with Crippen LogP contribution in [0.25, 0.3) is 0 Å². The molecule has 2 N–H and O–H groups in total. The minimum Gasteiger partial charge on any atom is -0.381 e. The summed E-state index contributed by atoms with van der Waals surface area (Å²) in [6, 6.07) is 0. The number of nitrogens with one attached hydrogen (secondary N) is 2. The van der Waals surface area contributed by atoms with Gasteiger partial charge in [0.15, 0.2) is 0 Å². The van der Waals surface area contributed by atoms with Crippen molar-refractivity contribution in [3.05, 3.63) is 0 Å². The van der Waals surface area contributed by atoms with Crippen LogP contribution in [0.1, 0.15) is 40.0 Å². The lowest BCUT2D eigenvalue weighted by atomic mass is 10.4. The van der Waals surface area contributed by atoms with Crippen molar-refractivity contribution in [1.29, 1.82) is 0 Å². The normalized spacial score (nSPS) is 13.7. The Balaban J connectivity index is 3.64. The van der Waals surface area contributed by atoms with Crippen molar-refractivity contribution in [2.45, 2.75) is 45.3 Å². The number of hydrogen-bond donors (Lipinski definition) is 2. The van der Waals surface area contributed by atoms with Crippen LogP contribution in [-0.2, 0) is 14.8 Å².